The Kier molecular flexibility index (Phi) is 7.29. The minimum atomic E-state index is -0.331. The summed E-state index contributed by atoms with van der Waals surface area (Å²) in [5, 5.41) is 0. The molecule has 0 unspecified atom stereocenters. The number of methoxy groups -OCH3 is 1. The van der Waals surface area contributed by atoms with Gasteiger partial charge in [-0.05, 0) is 43.5 Å². The third-order valence-electron chi connectivity index (χ3n) is 3.09. The fourth-order valence-electron chi connectivity index (χ4n) is 1.75. The highest BCUT2D eigenvalue weighted by Crippen LogP contribution is 2.12. The van der Waals surface area contributed by atoms with Gasteiger partial charge in [0, 0.05) is 20.5 Å². The third kappa shape index (κ3) is 6.29. The van der Waals surface area contributed by atoms with Crippen LogP contribution in [0.1, 0.15) is 36.0 Å². The molecule has 0 saturated heterocycles. The molecule has 0 heterocycles. The van der Waals surface area contributed by atoms with Gasteiger partial charge in [-0.1, -0.05) is 0 Å². The lowest BCUT2D eigenvalue weighted by atomic mass is 10.2. The summed E-state index contributed by atoms with van der Waals surface area (Å²) in [4.78, 5) is 24.7. The number of unbranched alkanes of at least 4 members (excludes halogenated alkanes) is 2. The molecule has 0 aliphatic heterocycles. The summed E-state index contributed by atoms with van der Waals surface area (Å²) in [5.41, 5.74) is 0.513. The fourth-order valence-corrected chi connectivity index (χ4v) is 1.75. The molecule has 0 N–H and O–H groups in total. The Morgan fingerprint density at radius 2 is 1.71 bits per heavy atom. The standard InChI is InChI=1S/C16H23NO4/c1-17(2)15(18)7-5-4-6-12-21-16(19)13-8-10-14(20-3)11-9-13/h8-11H,4-7,12H2,1-3H3. The lowest BCUT2D eigenvalue weighted by molar-refractivity contribution is -0.128. The summed E-state index contributed by atoms with van der Waals surface area (Å²) in [6.07, 6.45) is 2.99. The lowest BCUT2D eigenvalue weighted by Gasteiger charge is -2.09. The molecule has 0 aromatic heterocycles. The maximum Gasteiger partial charge on any atom is 0.338 e. The van der Waals surface area contributed by atoms with Crippen LogP contribution in [-0.4, -0.2) is 44.6 Å². The van der Waals surface area contributed by atoms with Crippen molar-refractivity contribution in [2.45, 2.75) is 25.7 Å². The van der Waals surface area contributed by atoms with Crippen LogP contribution in [0.3, 0.4) is 0 Å². The van der Waals surface area contributed by atoms with Gasteiger partial charge in [0.2, 0.25) is 5.91 Å². The second-order valence-electron chi connectivity index (χ2n) is 4.96. The molecule has 0 bridgehead atoms. The summed E-state index contributed by atoms with van der Waals surface area (Å²) in [5.74, 6) is 0.504. The molecule has 5 heteroatoms. The maximum atomic E-state index is 11.8. The molecule has 21 heavy (non-hydrogen) atoms. The van der Waals surface area contributed by atoms with Crippen LogP contribution in [0.15, 0.2) is 24.3 Å². The van der Waals surface area contributed by atoms with E-state index in [4.69, 9.17) is 9.47 Å². The zero-order valence-corrected chi connectivity index (χ0v) is 12.9. The van der Waals surface area contributed by atoms with Crippen LogP contribution in [0.2, 0.25) is 0 Å². The second-order valence-corrected chi connectivity index (χ2v) is 4.96. The van der Waals surface area contributed by atoms with E-state index in [0.717, 1.165) is 19.3 Å². The van der Waals surface area contributed by atoms with Gasteiger partial charge in [0.05, 0.1) is 19.3 Å². The molecular weight excluding hydrogens is 270 g/mol. The minimum absolute atomic E-state index is 0.130. The van der Waals surface area contributed by atoms with Crippen LogP contribution >= 0.6 is 0 Å². The Labute approximate surface area is 125 Å². The minimum Gasteiger partial charge on any atom is -0.497 e. The lowest BCUT2D eigenvalue weighted by Crippen LogP contribution is -2.21. The Hall–Kier alpha value is -2.04. The monoisotopic (exact) mass is 293 g/mol. The van der Waals surface area contributed by atoms with Gasteiger partial charge in [-0.15, -0.1) is 0 Å². The number of carbonyl (C=O) groups excluding carboxylic acids is 2. The normalized spacial score (nSPS) is 10.0. The van der Waals surface area contributed by atoms with Gasteiger partial charge in [0.1, 0.15) is 5.75 Å². The summed E-state index contributed by atoms with van der Waals surface area (Å²) < 4.78 is 10.2. The van der Waals surface area contributed by atoms with Crippen LogP contribution < -0.4 is 4.74 Å². The van der Waals surface area contributed by atoms with Crippen molar-refractivity contribution in [2.24, 2.45) is 0 Å². The molecule has 0 atom stereocenters. The number of hydrogen-bond acceptors (Lipinski definition) is 4. The van der Waals surface area contributed by atoms with Crippen LogP contribution in [0.4, 0.5) is 0 Å². The van der Waals surface area contributed by atoms with E-state index in [0.29, 0.717) is 24.3 Å². The van der Waals surface area contributed by atoms with E-state index in [9.17, 15) is 9.59 Å². The van der Waals surface area contributed by atoms with Gasteiger partial charge in [-0.2, -0.15) is 0 Å². The molecule has 0 saturated carbocycles. The smallest absolute Gasteiger partial charge is 0.338 e. The van der Waals surface area contributed by atoms with Crippen molar-refractivity contribution >= 4 is 11.9 Å². The molecule has 1 aromatic rings. The Bertz CT molecular complexity index is 454. The highest BCUT2D eigenvalue weighted by atomic mass is 16.5. The van der Waals surface area contributed by atoms with Crippen molar-refractivity contribution in [1.29, 1.82) is 0 Å². The average molecular weight is 293 g/mol. The van der Waals surface area contributed by atoms with Crippen LogP contribution in [-0.2, 0) is 9.53 Å². The number of benzene rings is 1. The second kappa shape index (κ2) is 9.00. The first-order valence-electron chi connectivity index (χ1n) is 7.06. The zero-order valence-electron chi connectivity index (χ0n) is 12.9. The van der Waals surface area contributed by atoms with Gasteiger partial charge in [0.25, 0.3) is 0 Å². The molecule has 0 aliphatic carbocycles. The molecule has 1 amide bonds. The number of hydrogen-bond donors (Lipinski definition) is 0. The quantitative estimate of drug-likeness (QED) is 0.546. The van der Waals surface area contributed by atoms with Gasteiger partial charge < -0.3 is 14.4 Å². The number of carbonyl (C=O) groups is 2. The third-order valence-corrected chi connectivity index (χ3v) is 3.09. The molecule has 0 radical (unpaired) electrons. The molecule has 0 spiro atoms. The van der Waals surface area contributed by atoms with Crippen molar-refractivity contribution in [2.75, 3.05) is 27.8 Å². The van der Waals surface area contributed by atoms with E-state index in [1.807, 2.05) is 0 Å². The van der Waals surface area contributed by atoms with Gasteiger partial charge in [0.15, 0.2) is 0 Å². The zero-order chi connectivity index (χ0) is 15.7. The number of nitrogens with zero attached hydrogens (tertiary/aromatic N) is 1. The van der Waals surface area contributed by atoms with E-state index in [2.05, 4.69) is 0 Å². The predicted octanol–water partition coefficient (Wildman–Crippen LogP) is 2.50. The molecule has 0 aliphatic rings. The number of esters is 1. The fraction of sp³-hybridized carbons (Fsp3) is 0.500. The van der Waals surface area contributed by atoms with Gasteiger partial charge in [-0.25, -0.2) is 4.79 Å². The SMILES string of the molecule is COc1ccc(C(=O)OCCCCCC(=O)N(C)C)cc1. The van der Waals surface area contributed by atoms with Crippen LogP contribution in [0.25, 0.3) is 0 Å². The number of amides is 1. The summed E-state index contributed by atoms with van der Waals surface area (Å²) in [7, 11) is 5.08. The first kappa shape index (κ1) is 17.0. The topological polar surface area (TPSA) is 55.8 Å². The molecule has 5 nitrogen and oxygen atoms in total. The Morgan fingerprint density at radius 3 is 2.29 bits per heavy atom. The average Bonchev–Trinajstić information content (AvgIpc) is 2.50. The summed E-state index contributed by atoms with van der Waals surface area (Å²) >= 11 is 0. The van der Waals surface area contributed by atoms with Crippen molar-refractivity contribution in [1.82, 2.24) is 4.90 Å². The van der Waals surface area contributed by atoms with E-state index in [-0.39, 0.29) is 11.9 Å². The molecule has 1 rings (SSSR count). The molecule has 116 valence electrons. The van der Waals surface area contributed by atoms with Crippen LogP contribution in [0.5, 0.6) is 5.75 Å². The number of rotatable bonds is 8. The van der Waals surface area contributed by atoms with Crippen molar-refractivity contribution in [3.05, 3.63) is 29.8 Å². The van der Waals surface area contributed by atoms with Crippen molar-refractivity contribution < 1.29 is 19.1 Å². The molecular formula is C16H23NO4. The van der Waals surface area contributed by atoms with E-state index in [1.165, 1.54) is 0 Å². The Balaban J connectivity index is 2.17. The molecule has 0 fully saturated rings. The maximum absolute atomic E-state index is 11.8. The van der Waals surface area contributed by atoms with E-state index in [1.54, 1.807) is 50.4 Å². The summed E-state index contributed by atoms with van der Waals surface area (Å²) in [6, 6.07) is 6.81. The first-order chi connectivity index (χ1) is 10.0. The van der Waals surface area contributed by atoms with E-state index < -0.39 is 0 Å². The van der Waals surface area contributed by atoms with Gasteiger partial charge >= 0.3 is 5.97 Å². The van der Waals surface area contributed by atoms with Crippen molar-refractivity contribution in [3.8, 4) is 5.75 Å². The van der Waals surface area contributed by atoms with Gasteiger partial charge in [-0.3, -0.25) is 4.79 Å². The first-order valence-corrected chi connectivity index (χ1v) is 7.06. The predicted molar refractivity (Wildman–Crippen MR) is 80.4 cm³/mol. The van der Waals surface area contributed by atoms with Crippen LogP contribution in [0, 0.1) is 0 Å². The van der Waals surface area contributed by atoms with Crippen molar-refractivity contribution in [3.63, 3.8) is 0 Å². The largest absolute Gasteiger partial charge is 0.497 e. The number of ether oxygens (including phenoxy) is 2. The highest BCUT2D eigenvalue weighted by molar-refractivity contribution is 5.89. The summed E-state index contributed by atoms with van der Waals surface area (Å²) in [6.45, 7) is 0.376. The van der Waals surface area contributed by atoms with E-state index >= 15 is 0 Å². The highest BCUT2D eigenvalue weighted by Gasteiger charge is 2.07. The Morgan fingerprint density at radius 1 is 1.05 bits per heavy atom. The molecule has 1 aromatic carbocycles.